The number of hydrogen-bond acceptors (Lipinski definition) is 3. The fraction of sp³-hybridized carbons (Fsp3) is 0.429. The predicted octanol–water partition coefficient (Wildman–Crippen LogP) is 5.14. The molecule has 2 aromatic rings. The molecule has 2 aliphatic heterocycles. The molecule has 0 bridgehead atoms. The minimum absolute atomic E-state index is 0.0109. The Hall–Kier alpha value is -1.26. The molecule has 2 aromatic carbocycles. The minimum Gasteiger partial charge on any atom is -0.391 e. The molecule has 0 amide bonds. The molecule has 2 aliphatic rings. The summed E-state index contributed by atoms with van der Waals surface area (Å²) in [7, 11) is 0. The molecular weight excluding hydrogens is 367 g/mol. The van der Waals surface area contributed by atoms with Gasteiger partial charge in [0.05, 0.1) is 22.9 Å². The highest BCUT2D eigenvalue weighted by molar-refractivity contribution is 6.36. The molecule has 1 fully saturated rings. The molecule has 4 atom stereocenters. The average molecular weight is 391 g/mol. The molecule has 0 radical (unpaired) electrons. The van der Waals surface area contributed by atoms with Crippen LogP contribution in [0.2, 0.25) is 10.0 Å². The van der Waals surface area contributed by atoms with E-state index in [2.05, 4.69) is 22.8 Å². The first-order valence-electron chi connectivity index (χ1n) is 9.35. The zero-order chi connectivity index (χ0) is 18.1. The summed E-state index contributed by atoms with van der Waals surface area (Å²) < 4.78 is 0. The van der Waals surface area contributed by atoms with E-state index in [0.29, 0.717) is 10.0 Å². The van der Waals surface area contributed by atoms with Crippen LogP contribution < -0.4 is 10.6 Å². The molecule has 5 heteroatoms. The lowest BCUT2D eigenvalue weighted by atomic mass is 9.78. The van der Waals surface area contributed by atoms with Crippen LogP contribution in [-0.4, -0.2) is 23.8 Å². The van der Waals surface area contributed by atoms with Crippen molar-refractivity contribution in [2.75, 3.05) is 11.9 Å². The second-order valence-electron chi connectivity index (χ2n) is 7.35. The monoisotopic (exact) mass is 390 g/mol. The highest BCUT2D eigenvalue weighted by Crippen LogP contribution is 2.46. The lowest BCUT2D eigenvalue weighted by Crippen LogP contribution is -2.47. The largest absolute Gasteiger partial charge is 0.391 e. The van der Waals surface area contributed by atoms with Crippen LogP contribution in [-0.2, 0) is 0 Å². The summed E-state index contributed by atoms with van der Waals surface area (Å²) in [5.74, 6) is -0.0109. The fourth-order valence-electron chi connectivity index (χ4n) is 4.33. The lowest BCUT2D eigenvalue weighted by Gasteiger charge is -2.40. The highest BCUT2D eigenvalue weighted by Gasteiger charge is 2.37. The van der Waals surface area contributed by atoms with Gasteiger partial charge in [0.25, 0.3) is 0 Å². The Morgan fingerprint density at radius 2 is 1.88 bits per heavy atom. The minimum atomic E-state index is -0.461. The smallest absolute Gasteiger partial charge is 0.0763 e. The van der Waals surface area contributed by atoms with E-state index in [9.17, 15) is 5.11 Å². The van der Waals surface area contributed by atoms with Crippen molar-refractivity contribution >= 4 is 28.9 Å². The number of fused-ring (bicyclic) bond motifs is 1. The van der Waals surface area contributed by atoms with Gasteiger partial charge in [-0.05, 0) is 49.1 Å². The van der Waals surface area contributed by atoms with Gasteiger partial charge in [0.1, 0.15) is 0 Å². The maximum Gasteiger partial charge on any atom is 0.0763 e. The second kappa shape index (κ2) is 7.77. The third kappa shape index (κ3) is 3.59. The van der Waals surface area contributed by atoms with Crippen LogP contribution in [0.25, 0.3) is 0 Å². The number of nitrogens with one attached hydrogen (secondary N) is 2. The van der Waals surface area contributed by atoms with Crippen LogP contribution >= 0.6 is 23.2 Å². The van der Waals surface area contributed by atoms with E-state index in [1.54, 1.807) is 6.07 Å². The SMILES string of the molecule is O[C@H]([C@@H]1CCCCN1)[C@@H]1C[C@@H](c2ccccc2)Nc2c(Cl)cc(Cl)cc21. The van der Waals surface area contributed by atoms with Crippen molar-refractivity contribution in [1.82, 2.24) is 5.32 Å². The molecule has 0 spiro atoms. The number of hydrogen-bond donors (Lipinski definition) is 3. The van der Waals surface area contributed by atoms with E-state index >= 15 is 0 Å². The first kappa shape index (κ1) is 18.1. The molecule has 3 N–H and O–H groups in total. The molecule has 0 aliphatic carbocycles. The maximum absolute atomic E-state index is 11.2. The quantitative estimate of drug-likeness (QED) is 0.679. The summed E-state index contributed by atoms with van der Waals surface area (Å²) in [5, 5.41) is 19.5. The van der Waals surface area contributed by atoms with Crippen molar-refractivity contribution < 1.29 is 5.11 Å². The van der Waals surface area contributed by atoms with E-state index in [1.165, 1.54) is 12.0 Å². The lowest BCUT2D eigenvalue weighted by molar-refractivity contribution is 0.0806. The average Bonchev–Trinajstić information content (AvgIpc) is 2.68. The summed E-state index contributed by atoms with van der Waals surface area (Å²) >= 11 is 12.8. The molecular formula is C21H24Cl2N2O. The van der Waals surface area contributed by atoms with Gasteiger partial charge in [-0.2, -0.15) is 0 Å². The Morgan fingerprint density at radius 3 is 2.62 bits per heavy atom. The van der Waals surface area contributed by atoms with Crippen molar-refractivity contribution in [3.63, 3.8) is 0 Å². The van der Waals surface area contributed by atoms with Gasteiger partial charge < -0.3 is 15.7 Å². The Kier molecular flexibility index (Phi) is 5.42. The fourth-order valence-corrected chi connectivity index (χ4v) is 4.89. The topological polar surface area (TPSA) is 44.3 Å². The number of anilines is 1. The van der Waals surface area contributed by atoms with Gasteiger partial charge in [0.15, 0.2) is 0 Å². The number of benzene rings is 2. The molecule has 0 aromatic heterocycles. The van der Waals surface area contributed by atoms with Crippen molar-refractivity contribution in [3.8, 4) is 0 Å². The first-order valence-corrected chi connectivity index (χ1v) is 10.1. The van der Waals surface area contributed by atoms with Crippen molar-refractivity contribution in [1.29, 1.82) is 0 Å². The molecule has 0 unspecified atom stereocenters. The molecule has 138 valence electrons. The first-order chi connectivity index (χ1) is 12.6. The zero-order valence-electron chi connectivity index (χ0n) is 14.6. The summed E-state index contributed by atoms with van der Waals surface area (Å²) in [6, 6.07) is 14.3. The van der Waals surface area contributed by atoms with Crippen LogP contribution in [0.5, 0.6) is 0 Å². The third-order valence-corrected chi connectivity index (χ3v) is 6.18. The molecule has 2 heterocycles. The number of piperidine rings is 1. The van der Waals surface area contributed by atoms with E-state index in [0.717, 1.165) is 37.1 Å². The van der Waals surface area contributed by atoms with E-state index in [-0.39, 0.29) is 18.0 Å². The second-order valence-corrected chi connectivity index (χ2v) is 8.19. The van der Waals surface area contributed by atoms with Crippen molar-refractivity contribution in [2.24, 2.45) is 0 Å². The Morgan fingerprint density at radius 1 is 1.08 bits per heavy atom. The zero-order valence-corrected chi connectivity index (χ0v) is 16.1. The number of rotatable bonds is 3. The number of aliphatic hydroxyl groups is 1. The van der Waals surface area contributed by atoms with Gasteiger partial charge >= 0.3 is 0 Å². The number of halogens is 2. The van der Waals surface area contributed by atoms with E-state index in [4.69, 9.17) is 23.2 Å². The molecule has 4 rings (SSSR count). The van der Waals surface area contributed by atoms with E-state index < -0.39 is 6.10 Å². The van der Waals surface area contributed by atoms with Crippen LogP contribution in [0, 0.1) is 0 Å². The standard InChI is InChI=1S/C21H24Cl2N2O/c22-14-10-15-16(21(26)18-8-4-5-9-24-18)12-19(13-6-2-1-3-7-13)25-20(15)17(23)11-14/h1-3,6-7,10-11,16,18-19,21,24-26H,4-5,8-9,12H2/t16-,18+,19+,21+/m1/s1. The molecule has 0 saturated carbocycles. The normalized spacial score (nSPS) is 26.7. The van der Waals surface area contributed by atoms with Gasteiger partial charge in [-0.15, -0.1) is 0 Å². The third-order valence-electron chi connectivity index (χ3n) is 5.67. The maximum atomic E-state index is 11.2. The Bertz CT molecular complexity index is 762. The highest BCUT2D eigenvalue weighted by atomic mass is 35.5. The summed E-state index contributed by atoms with van der Waals surface area (Å²) in [5.41, 5.74) is 3.13. The Balaban J connectivity index is 1.71. The van der Waals surface area contributed by atoms with Gasteiger partial charge in [-0.3, -0.25) is 0 Å². The van der Waals surface area contributed by atoms with Crippen LogP contribution in [0.4, 0.5) is 5.69 Å². The summed E-state index contributed by atoms with van der Waals surface area (Å²) in [6.45, 7) is 0.970. The van der Waals surface area contributed by atoms with E-state index in [1.807, 2.05) is 24.3 Å². The predicted molar refractivity (Wildman–Crippen MR) is 108 cm³/mol. The van der Waals surface area contributed by atoms with Crippen LogP contribution in [0.15, 0.2) is 42.5 Å². The van der Waals surface area contributed by atoms with Crippen molar-refractivity contribution in [2.45, 2.75) is 49.8 Å². The van der Waals surface area contributed by atoms with Gasteiger partial charge in [0, 0.05) is 17.0 Å². The van der Waals surface area contributed by atoms with Gasteiger partial charge in [-0.25, -0.2) is 0 Å². The van der Waals surface area contributed by atoms with Gasteiger partial charge in [-0.1, -0.05) is 60.0 Å². The molecule has 3 nitrogen and oxygen atoms in total. The van der Waals surface area contributed by atoms with Crippen LogP contribution in [0.3, 0.4) is 0 Å². The van der Waals surface area contributed by atoms with Gasteiger partial charge in [0.2, 0.25) is 0 Å². The summed E-state index contributed by atoms with van der Waals surface area (Å²) in [4.78, 5) is 0. The molecule has 26 heavy (non-hydrogen) atoms. The van der Waals surface area contributed by atoms with Crippen molar-refractivity contribution in [3.05, 3.63) is 63.6 Å². The summed E-state index contributed by atoms with van der Waals surface area (Å²) in [6.07, 6.45) is 3.69. The number of aliphatic hydroxyl groups excluding tert-OH is 1. The Labute approximate surface area is 164 Å². The van der Waals surface area contributed by atoms with Crippen LogP contribution in [0.1, 0.15) is 48.8 Å². The molecule has 1 saturated heterocycles.